The lowest BCUT2D eigenvalue weighted by Gasteiger charge is -2.11. The number of benzene rings is 1. The molecular weight excluding hydrogens is 596 g/mol. The number of ether oxygens (including phenoxy) is 2. The van der Waals surface area contributed by atoms with Crippen molar-refractivity contribution in [3.8, 4) is 28.8 Å². The van der Waals surface area contributed by atoms with Crippen molar-refractivity contribution < 1.29 is 35.8 Å². The van der Waals surface area contributed by atoms with Crippen LogP contribution in [-0.4, -0.2) is 59.2 Å². The fourth-order valence-corrected chi connectivity index (χ4v) is 4.90. The van der Waals surface area contributed by atoms with Gasteiger partial charge in [0, 0.05) is 12.0 Å². The van der Waals surface area contributed by atoms with E-state index in [2.05, 4.69) is 25.0 Å². The van der Waals surface area contributed by atoms with Crippen LogP contribution in [0.15, 0.2) is 42.9 Å². The van der Waals surface area contributed by atoms with Gasteiger partial charge < -0.3 is 9.47 Å². The highest BCUT2D eigenvalue weighted by molar-refractivity contribution is 5.76. The van der Waals surface area contributed by atoms with Crippen molar-refractivity contribution >= 4 is 11.2 Å². The van der Waals surface area contributed by atoms with Crippen LogP contribution in [0.3, 0.4) is 0 Å². The van der Waals surface area contributed by atoms with Gasteiger partial charge in [-0.3, -0.25) is 14.5 Å². The standard InChI is InChI=1S/C27H23F6N9O2/c1-43-19-9-18(27(31,32)33)39-42(19)16-7-3-14(4-8-16)11-40-23-17(41(25(40)34)12-26(28,29)30)10-35-22(38-23)20-21(15-5-6-15)36-13-37-24(20)44-2/h3-4,7-10,13,15,34H,5-6,11-12H2,1-2H3. The first-order valence-electron chi connectivity index (χ1n) is 13.1. The maximum absolute atomic E-state index is 13.5. The minimum atomic E-state index is -4.68. The molecule has 1 aliphatic rings. The van der Waals surface area contributed by atoms with Gasteiger partial charge in [-0.2, -0.15) is 31.4 Å². The van der Waals surface area contributed by atoms with Gasteiger partial charge in [0.15, 0.2) is 17.2 Å². The van der Waals surface area contributed by atoms with Crippen LogP contribution in [0.1, 0.15) is 35.7 Å². The molecule has 1 aromatic carbocycles. The summed E-state index contributed by atoms with van der Waals surface area (Å²) in [6.07, 6.45) is -4.93. The van der Waals surface area contributed by atoms with E-state index in [9.17, 15) is 26.3 Å². The van der Waals surface area contributed by atoms with Crippen molar-refractivity contribution in [3.63, 3.8) is 0 Å². The first kappa shape index (κ1) is 29.1. The van der Waals surface area contributed by atoms with Gasteiger partial charge in [0.05, 0.1) is 38.3 Å². The lowest BCUT2D eigenvalue weighted by atomic mass is 10.1. The molecule has 0 amide bonds. The smallest absolute Gasteiger partial charge is 0.435 e. The summed E-state index contributed by atoms with van der Waals surface area (Å²) in [5, 5.41) is 12.2. The number of aromatic nitrogens is 8. The Labute approximate surface area is 244 Å². The second-order valence-electron chi connectivity index (χ2n) is 10.1. The van der Waals surface area contributed by atoms with Gasteiger partial charge in [0.25, 0.3) is 0 Å². The van der Waals surface area contributed by atoms with Crippen LogP contribution in [0.4, 0.5) is 26.3 Å². The van der Waals surface area contributed by atoms with Gasteiger partial charge in [0.2, 0.25) is 17.4 Å². The van der Waals surface area contributed by atoms with Crippen LogP contribution in [0.25, 0.3) is 28.2 Å². The Morgan fingerprint density at radius 2 is 1.68 bits per heavy atom. The summed E-state index contributed by atoms with van der Waals surface area (Å²) in [5.41, 5.74) is 0.312. The molecule has 0 radical (unpaired) electrons. The molecule has 4 heterocycles. The van der Waals surface area contributed by atoms with E-state index in [4.69, 9.17) is 14.9 Å². The van der Waals surface area contributed by atoms with E-state index in [0.29, 0.717) is 16.8 Å². The summed E-state index contributed by atoms with van der Waals surface area (Å²) in [7, 11) is 2.64. The molecule has 0 saturated heterocycles. The fourth-order valence-electron chi connectivity index (χ4n) is 4.90. The number of hydrogen-bond acceptors (Lipinski definition) is 8. The molecule has 1 saturated carbocycles. The molecule has 0 aliphatic heterocycles. The summed E-state index contributed by atoms with van der Waals surface area (Å²) >= 11 is 0. The summed E-state index contributed by atoms with van der Waals surface area (Å²) in [6.45, 7) is -1.53. The molecule has 6 rings (SSSR count). The number of fused-ring (bicyclic) bond motifs is 1. The molecule has 4 aromatic heterocycles. The zero-order valence-electron chi connectivity index (χ0n) is 23.1. The highest BCUT2D eigenvalue weighted by Gasteiger charge is 2.36. The lowest BCUT2D eigenvalue weighted by Crippen LogP contribution is -2.30. The topological polar surface area (TPSA) is 122 Å². The number of imidazole rings is 1. The van der Waals surface area contributed by atoms with E-state index in [1.54, 1.807) is 12.1 Å². The molecule has 0 atom stereocenters. The van der Waals surface area contributed by atoms with Crippen molar-refractivity contribution in [2.45, 2.75) is 44.2 Å². The first-order valence-corrected chi connectivity index (χ1v) is 13.1. The molecule has 0 spiro atoms. The van der Waals surface area contributed by atoms with E-state index in [1.807, 2.05) is 0 Å². The number of nitrogens with zero attached hydrogens (tertiary/aromatic N) is 8. The van der Waals surface area contributed by atoms with Crippen molar-refractivity contribution in [2.24, 2.45) is 0 Å². The minimum absolute atomic E-state index is 0.0163. The second kappa shape index (κ2) is 10.6. The number of nitrogens with one attached hydrogen (secondary N) is 1. The van der Waals surface area contributed by atoms with E-state index >= 15 is 0 Å². The van der Waals surface area contributed by atoms with Crippen LogP contribution < -0.4 is 15.1 Å². The van der Waals surface area contributed by atoms with Crippen LogP contribution in [0, 0.1) is 5.41 Å². The SMILES string of the molecule is COc1ncnc(C2CC2)c1-c1ncc2c(n1)n(Cc1ccc(-n3nc(C(F)(F)F)cc3OC)cc1)c(=N)n2CC(F)(F)F. The first-order chi connectivity index (χ1) is 20.9. The summed E-state index contributed by atoms with van der Waals surface area (Å²) in [5.74, 6) is 0.357. The average molecular weight is 620 g/mol. The quantitative estimate of drug-likeness (QED) is 0.246. The van der Waals surface area contributed by atoms with Gasteiger partial charge in [-0.05, 0) is 30.5 Å². The third-order valence-corrected chi connectivity index (χ3v) is 7.07. The molecule has 1 N–H and O–H groups in total. The van der Waals surface area contributed by atoms with Gasteiger partial charge >= 0.3 is 12.4 Å². The van der Waals surface area contributed by atoms with Gasteiger partial charge in [-0.1, -0.05) is 12.1 Å². The monoisotopic (exact) mass is 619 g/mol. The van der Waals surface area contributed by atoms with E-state index in [0.717, 1.165) is 28.2 Å². The van der Waals surface area contributed by atoms with Crippen LogP contribution in [0.2, 0.25) is 0 Å². The third-order valence-electron chi connectivity index (χ3n) is 7.07. The van der Waals surface area contributed by atoms with Crippen LogP contribution >= 0.6 is 0 Å². The van der Waals surface area contributed by atoms with Crippen molar-refractivity contribution in [1.29, 1.82) is 5.41 Å². The lowest BCUT2D eigenvalue weighted by molar-refractivity contribution is -0.141. The Balaban J connectivity index is 1.43. The summed E-state index contributed by atoms with van der Waals surface area (Å²) in [6, 6.07) is 6.86. The van der Waals surface area contributed by atoms with E-state index in [-0.39, 0.29) is 46.9 Å². The molecule has 17 heteroatoms. The largest absolute Gasteiger partial charge is 0.481 e. The Morgan fingerprint density at radius 3 is 2.30 bits per heavy atom. The van der Waals surface area contributed by atoms with Gasteiger partial charge in [-0.25, -0.2) is 24.6 Å². The summed E-state index contributed by atoms with van der Waals surface area (Å²) < 4.78 is 93.8. The second-order valence-corrected chi connectivity index (χ2v) is 10.1. The van der Waals surface area contributed by atoms with Crippen LogP contribution in [-0.2, 0) is 19.3 Å². The fraction of sp³-hybridized carbons (Fsp3) is 0.333. The Kier molecular flexibility index (Phi) is 7.04. The highest BCUT2D eigenvalue weighted by Crippen LogP contribution is 2.45. The number of methoxy groups -OCH3 is 2. The average Bonchev–Trinajstić information content (AvgIpc) is 3.69. The van der Waals surface area contributed by atoms with Crippen LogP contribution in [0.5, 0.6) is 11.8 Å². The Bertz CT molecular complexity index is 1900. The van der Waals surface area contributed by atoms with Crippen molar-refractivity contribution in [2.75, 3.05) is 14.2 Å². The van der Waals surface area contributed by atoms with E-state index < -0.39 is 30.2 Å². The summed E-state index contributed by atoms with van der Waals surface area (Å²) in [4.78, 5) is 17.5. The number of halogens is 6. The molecule has 1 fully saturated rings. The van der Waals surface area contributed by atoms with Gasteiger partial charge in [0.1, 0.15) is 24.0 Å². The predicted octanol–water partition coefficient (Wildman–Crippen LogP) is 4.88. The molecule has 0 bridgehead atoms. The normalized spacial score (nSPS) is 13.9. The van der Waals surface area contributed by atoms with Crippen molar-refractivity contribution in [3.05, 3.63) is 65.4 Å². The number of alkyl halides is 6. The highest BCUT2D eigenvalue weighted by atomic mass is 19.4. The zero-order chi connectivity index (χ0) is 31.4. The number of hydrogen-bond donors (Lipinski definition) is 1. The van der Waals surface area contributed by atoms with Crippen molar-refractivity contribution in [1.82, 2.24) is 38.9 Å². The zero-order valence-corrected chi connectivity index (χ0v) is 23.1. The van der Waals surface area contributed by atoms with Gasteiger partial charge in [-0.15, -0.1) is 0 Å². The molecule has 230 valence electrons. The Hall–Kier alpha value is -4.96. The Morgan fingerprint density at radius 1 is 0.955 bits per heavy atom. The predicted molar refractivity (Wildman–Crippen MR) is 141 cm³/mol. The maximum Gasteiger partial charge on any atom is 0.435 e. The molecule has 5 aromatic rings. The number of rotatable bonds is 8. The minimum Gasteiger partial charge on any atom is -0.481 e. The third kappa shape index (κ3) is 5.44. The maximum atomic E-state index is 13.5. The molecule has 44 heavy (non-hydrogen) atoms. The molecule has 1 aliphatic carbocycles. The molecule has 11 nitrogen and oxygen atoms in total. The van der Waals surface area contributed by atoms with E-state index in [1.165, 1.54) is 43.4 Å². The molecular formula is C27H23F6N9O2. The molecule has 0 unspecified atom stereocenters.